The highest BCUT2D eigenvalue weighted by Crippen LogP contribution is 2.30. The maximum Gasteiger partial charge on any atom is 0.416 e. The summed E-state index contributed by atoms with van der Waals surface area (Å²) >= 11 is 0. The average Bonchev–Trinajstić information content (AvgIpc) is 2.26. The van der Waals surface area contributed by atoms with Crippen LogP contribution in [0.4, 0.5) is 13.2 Å². The van der Waals surface area contributed by atoms with E-state index in [2.05, 4.69) is 5.32 Å². The zero-order valence-electron chi connectivity index (χ0n) is 10.7. The largest absolute Gasteiger partial charge is 0.416 e. The fourth-order valence-electron chi connectivity index (χ4n) is 1.73. The summed E-state index contributed by atoms with van der Waals surface area (Å²) in [4.78, 5) is 0. The highest BCUT2D eigenvalue weighted by atomic mass is 32.2. The minimum atomic E-state index is -4.39. The van der Waals surface area contributed by atoms with E-state index in [0.29, 0.717) is 12.1 Å². The molecule has 19 heavy (non-hydrogen) atoms. The normalized spacial score (nSPS) is 14.4. The predicted molar refractivity (Wildman–Crippen MR) is 67.6 cm³/mol. The second kappa shape index (κ2) is 5.92. The Bertz CT molecular complexity index is 509. The summed E-state index contributed by atoms with van der Waals surface area (Å²) in [5.41, 5.74) is -0.217. The zero-order valence-corrected chi connectivity index (χ0v) is 11.5. The molecule has 108 valence electrons. The standard InChI is InChI=1S/C12H16F3NO2S/c1-3-16-11(8-19(2,17)18)9-4-6-10(7-5-9)12(13,14)15/h4-7,11,16H,3,8H2,1-2H3. The first-order chi connectivity index (χ1) is 8.63. The van der Waals surface area contributed by atoms with E-state index >= 15 is 0 Å². The molecule has 0 spiro atoms. The summed E-state index contributed by atoms with van der Waals surface area (Å²) in [7, 11) is -3.22. The smallest absolute Gasteiger partial charge is 0.309 e. The Balaban J connectivity index is 2.98. The molecule has 1 atom stereocenters. The van der Waals surface area contributed by atoms with E-state index in [4.69, 9.17) is 0 Å². The van der Waals surface area contributed by atoms with Crippen molar-refractivity contribution in [1.29, 1.82) is 0 Å². The monoisotopic (exact) mass is 295 g/mol. The van der Waals surface area contributed by atoms with Gasteiger partial charge in [0.05, 0.1) is 11.3 Å². The molecule has 0 amide bonds. The maximum atomic E-state index is 12.4. The fraction of sp³-hybridized carbons (Fsp3) is 0.500. The van der Waals surface area contributed by atoms with Crippen molar-refractivity contribution in [3.63, 3.8) is 0 Å². The quantitative estimate of drug-likeness (QED) is 0.907. The van der Waals surface area contributed by atoms with Crippen molar-refractivity contribution < 1.29 is 21.6 Å². The minimum absolute atomic E-state index is 0.147. The molecule has 0 radical (unpaired) electrons. The summed E-state index contributed by atoms with van der Waals surface area (Å²) in [6.45, 7) is 2.33. The number of benzene rings is 1. The maximum absolute atomic E-state index is 12.4. The van der Waals surface area contributed by atoms with Crippen LogP contribution in [-0.4, -0.2) is 27.0 Å². The molecular weight excluding hydrogens is 279 g/mol. The first kappa shape index (κ1) is 16.0. The van der Waals surface area contributed by atoms with Crippen LogP contribution in [-0.2, 0) is 16.0 Å². The van der Waals surface area contributed by atoms with Gasteiger partial charge in [0.25, 0.3) is 0 Å². The van der Waals surface area contributed by atoms with Crippen LogP contribution in [0.15, 0.2) is 24.3 Å². The van der Waals surface area contributed by atoms with Gasteiger partial charge >= 0.3 is 6.18 Å². The van der Waals surface area contributed by atoms with E-state index in [0.717, 1.165) is 18.4 Å². The highest BCUT2D eigenvalue weighted by molar-refractivity contribution is 7.90. The molecule has 1 aromatic carbocycles. The highest BCUT2D eigenvalue weighted by Gasteiger charge is 2.30. The molecule has 1 aromatic rings. The van der Waals surface area contributed by atoms with Crippen LogP contribution < -0.4 is 5.32 Å². The molecule has 0 saturated carbocycles. The van der Waals surface area contributed by atoms with Crippen LogP contribution in [0, 0.1) is 0 Å². The van der Waals surface area contributed by atoms with Gasteiger partial charge in [0.1, 0.15) is 9.84 Å². The van der Waals surface area contributed by atoms with Gasteiger partial charge < -0.3 is 5.32 Å². The molecular formula is C12H16F3NO2S. The molecule has 0 bridgehead atoms. The Hall–Kier alpha value is -1.08. The lowest BCUT2D eigenvalue weighted by atomic mass is 10.1. The van der Waals surface area contributed by atoms with Crippen molar-refractivity contribution in [2.45, 2.75) is 19.1 Å². The first-order valence-electron chi connectivity index (χ1n) is 5.71. The van der Waals surface area contributed by atoms with E-state index in [9.17, 15) is 21.6 Å². The Labute approximate surface area is 110 Å². The van der Waals surface area contributed by atoms with Crippen LogP contribution >= 0.6 is 0 Å². The van der Waals surface area contributed by atoms with Crippen molar-refractivity contribution in [2.24, 2.45) is 0 Å². The topological polar surface area (TPSA) is 46.2 Å². The van der Waals surface area contributed by atoms with Crippen molar-refractivity contribution in [2.75, 3.05) is 18.6 Å². The molecule has 0 aliphatic heterocycles. The van der Waals surface area contributed by atoms with Gasteiger partial charge in [-0.3, -0.25) is 0 Å². The lowest BCUT2D eigenvalue weighted by Crippen LogP contribution is -2.27. The van der Waals surface area contributed by atoms with Crippen molar-refractivity contribution >= 4 is 9.84 Å². The lowest BCUT2D eigenvalue weighted by molar-refractivity contribution is -0.137. The molecule has 0 aliphatic rings. The van der Waals surface area contributed by atoms with Gasteiger partial charge in [-0.2, -0.15) is 13.2 Å². The van der Waals surface area contributed by atoms with Crippen molar-refractivity contribution in [1.82, 2.24) is 5.32 Å². The van der Waals surface area contributed by atoms with E-state index in [1.807, 2.05) is 0 Å². The van der Waals surface area contributed by atoms with Crippen molar-refractivity contribution in [3.8, 4) is 0 Å². The minimum Gasteiger partial charge on any atom is -0.309 e. The van der Waals surface area contributed by atoms with Gasteiger partial charge in [-0.15, -0.1) is 0 Å². The number of hydrogen-bond donors (Lipinski definition) is 1. The number of rotatable bonds is 5. The van der Waals surface area contributed by atoms with E-state index < -0.39 is 27.6 Å². The van der Waals surface area contributed by atoms with E-state index in [1.165, 1.54) is 12.1 Å². The zero-order chi connectivity index (χ0) is 14.7. The number of halogens is 3. The third-order valence-electron chi connectivity index (χ3n) is 2.56. The molecule has 0 heterocycles. The molecule has 1 N–H and O–H groups in total. The van der Waals surface area contributed by atoms with Crippen LogP contribution in [0.1, 0.15) is 24.1 Å². The molecule has 0 aliphatic carbocycles. The van der Waals surface area contributed by atoms with Gasteiger partial charge in [-0.25, -0.2) is 8.42 Å². The average molecular weight is 295 g/mol. The second-order valence-corrected chi connectivity index (χ2v) is 6.51. The summed E-state index contributed by atoms with van der Waals surface area (Å²) < 4.78 is 59.9. The Morgan fingerprint density at radius 3 is 2.11 bits per heavy atom. The fourth-order valence-corrected chi connectivity index (χ4v) is 2.64. The lowest BCUT2D eigenvalue weighted by Gasteiger charge is -2.18. The summed E-state index contributed by atoms with van der Waals surface area (Å²) in [6.07, 6.45) is -3.29. The third-order valence-corrected chi connectivity index (χ3v) is 3.50. The number of hydrogen-bond acceptors (Lipinski definition) is 3. The molecule has 1 unspecified atom stereocenters. The molecule has 0 fully saturated rings. The number of nitrogens with one attached hydrogen (secondary N) is 1. The second-order valence-electron chi connectivity index (χ2n) is 4.32. The van der Waals surface area contributed by atoms with Gasteiger partial charge in [0.2, 0.25) is 0 Å². The summed E-state index contributed by atoms with van der Waals surface area (Å²) in [5, 5.41) is 2.95. The summed E-state index contributed by atoms with van der Waals surface area (Å²) in [6, 6.07) is 4.04. The van der Waals surface area contributed by atoms with Crippen LogP contribution in [0.2, 0.25) is 0 Å². The van der Waals surface area contributed by atoms with E-state index in [-0.39, 0.29) is 5.75 Å². The van der Waals surface area contributed by atoms with Gasteiger partial charge in [-0.1, -0.05) is 19.1 Å². The molecule has 7 heteroatoms. The Morgan fingerprint density at radius 2 is 1.74 bits per heavy atom. The first-order valence-corrected chi connectivity index (χ1v) is 7.78. The van der Waals surface area contributed by atoms with Crippen LogP contribution in [0.3, 0.4) is 0 Å². The Morgan fingerprint density at radius 1 is 1.21 bits per heavy atom. The van der Waals surface area contributed by atoms with Gasteiger partial charge in [-0.05, 0) is 24.2 Å². The SMILES string of the molecule is CCNC(CS(C)(=O)=O)c1ccc(C(F)(F)F)cc1. The van der Waals surface area contributed by atoms with Crippen LogP contribution in [0.25, 0.3) is 0 Å². The number of alkyl halides is 3. The van der Waals surface area contributed by atoms with E-state index in [1.54, 1.807) is 6.92 Å². The van der Waals surface area contributed by atoms with Gasteiger partial charge in [0.15, 0.2) is 0 Å². The molecule has 0 aromatic heterocycles. The number of sulfone groups is 1. The Kier molecular flexibility index (Phi) is 4.98. The molecule has 0 saturated heterocycles. The molecule has 3 nitrogen and oxygen atoms in total. The third kappa shape index (κ3) is 5.20. The molecule has 1 rings (SSSR count). The van der Waals surface area contributed by atoms with Gasteiger partial charge in [0, 0.05) is 12.3 Å². The predicted octanol–water partition coefficient (Wildman–Crippen LogP) is 2.40. The van der Waals surface area contributed by atoms with Crippen LogP contribution in [0.5, 0.6) is 0 Å². The summed E-state index contributed by atoms with van der Waals surface area (Å²) in [5.74, 6) is -0.147. The van der Waals surface area contributed by atoms with Crippen molar-refractivity contribution in [3.05, 3.63) is 35.4 Å².